The lowest BCUT2D eigenvalue weighted by Gasteiger charge is -2.31. The van der Waals surface area contributed by atoms with Gasteiger partial charge in [0.05, 0.1) is 17.3 Å². The van der Waals surface area contributed by atoms with Gasteiger partial charge in [-0.15, -0.1) is 0 Å². The second-order valence-corrected chi connectivity index (χ2v) is 6.67. The zero-order valence-electron chi connectivity index (χ0n) is 13.7. The summed E-state index contributed by atoms with van der Waals surface area (Å²) in [6.45, 7) is 7.45. The van der Waals surface area contributed by atoms with Crippen molar-refractivity contribution in [1.29, 1.82) is 0 Å². The van der Waals surface area contributed by atoms with E-state index >= 15 is 0 Å². The van der Waals surface area contributed by atoms with Crippen LogP contribution in [-0.2, 0) is 4.79 Å². The van der Waals surface area contributed by atoms with Crippen molar-refractivity contribution < 1.29 is 4.79 Å². The van der Waals surface area contributed by atoms with Crippen LogP contribution in [0.2, 0.25) is 5.02 Å². The van der Waals surface area contributed by atoms with Gasteiger partial charge < -0.3 is 10.6 Å². The fourth-order valence-electron chi connectivity index (χ4n) is 3.09. The van der Waals surface area contributed by atoms with Gasteiger partial charge in [0.1, 0.15) is 0 Å². The molecule has 2 rings (SSSR count). The molecule has 1 heterocycles. The molecule has 0 atom stereocenters. The summed E-state index contributed by atoms with van der Waals surface area (Å²) in [5.41, 5.74) is 2.85. The topological polar surface area (TPSA) is 44.4 Å². The number of likely N-dealkylation sites (tertiary alicyclic amines) is 1. The summed E-state index contributed by atoms with van der Waals surface area (Å²) >= 11 is 6.24. The largest absolute Gasteiger partial charge is 0.323 e. The molecule has 0 bridgehead atoms. The minimum Gasteiger partial charge on any atom is -0.323 e. The molecule has 5 heteroatoms. The molecule has 0 unspecified atom stereocenters. The Kier molecular flexibility index (Phi) is 6.24. The lowest BCUT2D eigenvalue weighted by Crippen LogP contribution is -2.41. The number of hydrogen-bond acceptors (Lipinski definition) is 3. The summed E-state index contributed by atoms with van der Waals surface area (Å²) in [6, 6.07) is 3.91. The zero-order chi connectivity index (χ0) is 16.1. The number of nitrogens with zero attached hydrogens (tertiary/aromatic N) is 1. The van der Waals surface area contributed by atoms with Crippen molar-refractivity contribution in [3.05, 3.63) is 28.3 Å². The van der Waals surface area contributed by atoms with E-state index < -0.39 is 0 Å². The van der Waals surface area contributed by atoms with Crippen LogP contribution in [0.4, 0.5) is 5.69 Å². The highest BCUT2D eigenvalue weighted by atomic mass is 35.5. The predicted molar refractivity (Wildman–Crippen MR) is 92.6 cm³/mol. The number of carbonyl (C=O) groups excluding carboxylic acids is 1. The fourth-order valence-corrected chi connectivity index (χ4v) is 3.46. The number of nitrogens with one attached hydrogen (secondary N) is 2. The molecule has 4 nitrogen and oxygen atoms in total. The average Bonchev–Trinajstić information content (AvgIpc) is 2.45. The van der Waals surface area contributed by atoms with Crippen molar-refractivity contribution >= 4 is 23.2 Å². The number of hydrogen-bond donors (Lipinski definition) is 2. The number of amides is 1. The van der Waals surface area contributed by atoms with Crippen LogP contribution < -0.4 is 10.6 Å². The van der Waals surface area contributed by atoms with Crippen molar-refractivity contribution in [3.63, 3.8) is 0 Å². The van der Waals surface area contributed by atoms with Crippen molar-refractivity contribution in [3.8, 4) is 0 Å². The van der Waals surface area contributed by atoms with Gasteiger partial charge in [-0.1, -0.05) is 17.7 Å². The molecule has 122 valence electrons. The van der Waals surface area contributed by atoms with Gasteiger partial charge in [-0.3, -0.25) is 9.69 Å². The third-order valence-corrected chi connectivity index (χ3v) is 4.56. The first-order valence-electron chi connectivity index (χ1n) is 7.93. The SMILES string of the molecule is CNCC1CCN(CC(=O)Nc2c(C)cc(C)cc2Cl)CC1. The highest BCUT2D eigenvalue weighted by Gasteiger charge is 2.20. The minimum atomic E-state index is 0.0147. The van der Waals surface area contributed by atoms with Gasteiger partial charge in [-0.2, -0.15) is 0 Å². The Morgan fingerprint density at radius 3 is 2.59 bits per heavy atom. The van der Waals surface area contributed by atoms with E-state index in [1.165, 1.54) is 0 Å². The molecule has 0 aromatic heterocycles. The number of anilines is 1. The molecule has 22 heavy (non-hydrogen) atoms. The molecule has 1 fully saturated rings. The molecule has 0 spiro atoms. The van der Waals surface area contributed by atoms with E-state index in [0.717, 1.165) is 55.2 Å². The van der Waals surface area contributed by atoms with E-state index in [1.54, 1.807) is 0 Å². The Morgan fingerprint density at radius 2 is 2.00 bits per heavy atom. The van der Waals surface area contributed by atoms with Crippen LogP contribution in [0.1, 0.15) is 24.0 Å². The molecule has 1 aromatic carbocycles. The van der Waals surface area contributed by atoms with Gasteiger partial charge in [-0.25, -0.2) is 0 Å². The Morgan fingerprint density at radius 1 is 1.32 bits per heavy atom. The van der Waals surface area contributed by atoms with E-state index in [9.17, 15) is 4.79 Å². The average molecular weight is 324 g/mol. The molecule has 0 radical (unpaired) electrons. The molecule has 0 saturated carbocycles. The molecule has 1 amide bonds. The molecular weight excluding hydrogens is 298 g/mol. The van der Waals surface area contributed by atoms with Gasteiger partial charge in [-0.05, 0) is 76.5 Å². The lowest BCUT2D eigenvalue weighted by atomic mass is 9.97. The summed E-state index contributed by atoms with van der Waals surface area (Å²) in [7, 11) is 1.99. The number of carbonyl (C=O) groups is 1. The third kappa shape index (κ3) is 4.70. The molecule has 1 saturated heterocycles. The Labute approximate surface area is 138 Å². The highest BCUT2D eigenvalue weighted by molar-refractivity contribution is 6.34. The first-order chi connectivity index (χ1) is 10.5. The van der Waals surface area contributed by atoms with Gasteiger partial charge in [0.25, 0.3) is 0 Å². The summed E-state index contributed by atoms with van der Waals surface area (Å²) < 4.78 is 0. The van der Waals surface area contributed by atoms with Crippen LogP contribution in [-0.4, -0.2) is 44.0 Å². The second-order valence-electron chi connectivity index (χ2n) is 6.26. The van der Waals surface area contributed by atoms with E-state index in [1.807, 2.05) is 33.0 Å². The van der Waals surface area contributed by atoms with Crippen LogP contribution in [0.15, 0.2) is 12.1 Å². The van der Waals surface area contributed by atoms with Crippen molar-refractivity contribution in [2.75, 3.05) is 38.5 Å². The van der Waals surface area contributed by atoms with E-state index in [0.29, 0.717) is 11.6 Å². The molecule has 0 aliphatic carbocycles. The summed E-state index contributed by atoms with van der Waals surface area (Å²) in [5, 5.41) is 6.80. The number of benzene rings is 1. The fraction of sp³-hybridized carbons (Fsp3) is 0.588. The van der Waals surface area contributed by atoms with Crippen LogP contribution >= 0.6 is 11.6 Å². The first-order valence-corrected chi connectivity index (χ1v) is 8.31. The maximum atomic E-state index is 12.3. The van der Waals surface area contributed by atoms with Crippen molar-refractivity contribution in [2.45, 2.75) is 26.7 Å². The van der Waals surface area contributed by atoms with Gasteiger partial charge in [0.2, 0.25) is 5.91 Å². The third-order valence-electron chi connectivity index (χ3n) is 4.26. The maximum Gasteiger partial charge on any atom is 0.238 e. The number of piperidine rings is 1. The molecule has 2 N–H and O–H groups in total. The van der Waals surface area contributed by atoms with Crippen molar-refractivity contribution in [2.24, 2.45) is 5.92 Å². The lowest BCUT2D eigenvalue weighted by molar-refractivity contribution is -0.117. The zero-order valence-corrected chi connectivity index (χ0v) is 14.5. The van der Waals surface area contributed by atoms with Gasteiger partial charge >= 0.3 is 0 Å². The van der Waals surface area contributed by atoms with Crippen LogP contribution in [0.3, 0.4) is 0 Å². The monoisotopic (exact) mass is 323 g/mol. The molecular formula is C17H26ClN3O. The minimum absolute atomic E-state index is 0.0147. The molecule has 1 aliphatic rings. The number of aryl methyl sites for hydroxylation is 2. The highest BCUT2D eigenvalue weighted by Crippen LogP contribution is 2.27. The Bertz CT molecular complexity index is 502. The second kappa shape index (κ2) is 7.95. The normalized spacial score (nSPS) is 16.7. The van der Waals surface area contributed by atoms with Gasteiger partial charge in [0.15, 0.2) is 0 Å². The predicted octanol–water partition coefficient (Wildman–Crippen LogP) is 2.83. The maximum absolute atomic E-state index is 12.3. The van der Waals surface area contributed by atoms with Crippen molar-refractivity contribution in [1.82, 2.24) is 10.2 Å². The molecule has 1 aliphatic heterocycles. The summed E-state index contributed by atoms with van der Waals surface area (Å²) in [4.78, 5) is 14.5. The van der Waals surface area contributed by atoms with E-state index in [4.69, 9.17) is 11.6 Å². The smallest absolute Gasteiger partial charge is 0.238 e. The van der Waals surface area contributed by atoms with Crippen LogP contribution in [0.25, 0.3) is 0 Å². The number of halogens is 1. The van der Waals surface area contributed by atoms with Crippen LogP contribution in [0.5, 0.6) is 0 Å². The van der Waals surface area contributed by atoms with E-state index in [-0.39, 0.29) is 5.91 Å². The van der Waals surface area contributed by atoms with E-state index in [2.05, 4.69) is 15.5 Å². The molecule has 1 aromatic rings. The Balaban J connectivity index is 1.87. The summed E-state index contributed by atoms with van der Waals surface area (Å²) in [5.74, 6) is 0.749. The van der Waals surface area contributed by atoms with Gasteiger partial charge in [0, 0.05) is 0 Å². The first kappa shape index (κ1) is 17.3. The summed E-state index contributed by atoms with van der Waals surface area (Å²) in [6.07, 6.45) is 2.30. The standard InChI is InChI=1S/C17H26ClN3O/c1-12-8-13(2)17(15(18)9-12)20-16(22)11-21-6-4-14(5-7-21)10-19-3/h8-9,14,19H,4-7,10-11H2,1-3H3,(H,20,22). The Hall–Kier alpha value is -1.10. The quantitative estimate of drug-likeness (QED) is 0.875. The van der Waals surface area contributed by atoms with Crippen LogP contribution in [0, 0.1) is 19.8 Å². The number of rotatable bonds is 5.